The van der Waals surface area contributed by atoms with E-state index in [1.54, 1.807) is 5.57 Å². The minimum atomic E-state index is 0.252. The van der Waals surface area contributed by atoms with E-state index in [-0.39, 0.29) is 6.61 Å². The molecule has 0 aromatic rings. The lowest BCUT2D eigenvalue weighted by molar-refractivity contribution is 0.340. The zero-order valence-electron chi connectivity index (χ0n) is 6.21. The molecule has 2 rings (SSSR count). The summed E-state index contributed by atoms with van der Waals surface area (Å²) in [5.41, 5.74) is 1.57. The zero-order valence-corrected chi connectivity index (χ0v) is 6.21. The summed E-state index contributed by atoms with van der Waals surface area (Å²) in [7, 11) is 0. The van der Waals surface area contributed by atoms with E-state index < -0.39 is 0 Å². The van der Waals surface area contributed by atoms with Crippen LogP contribution in [0.4, 0.5) is 0 Å². The van der Waals surface area contributed by atoms with Gasteiger partial charge in [-0.05, 0) is 37.5 Å². The van der Waals surface area contributed by atoms with Gasteiger partial charge in [0.1, 0.15) is 0 Å². The Morgan fingerprint density at radius 2 is 1.70 bits per heavy atom. The molecule has 0 aliphatic heterocycles. The van der Waals surface area contributed by atoms with Gasteiger partial charge < -0.3 is 5.11 Å². The van der Waals surface area contributed by atoms with Gasteiger partial charge in [0.15, 0.2) is 0 Å². The molecule has 0 bridgehead atoms. The first-order valence-electron chi connectivity index (χ1n) is 4.22. The van der Waals surface area contributed by atoms with Gasteiger partial charge in [-0.1, -0.05) is 11.6 Å². The molecule has 0 spiro atoms. The first-order chi connectivity index (χ1) is 4.92. The fourth-order valence-electron chi connectivity index (χ4n) is 1.61. The van der Waals surface area contributed by atoms with Gasteiger partial charge in [-0.25, -0.2) is 0 Å². The standard InChI is InChI=1S/C9H14O/c10-6-5-9(7-1-2-7)8-3-4-8/h5,7-8,10H,1-4,6H2. The number of hydrogen-bond donors (Lipinski definition) is 1. The molecule has 2 aliphatic carbocycles. The van der Waals surface area contributed by atoms with Gasteiger partial charge in [-0.2, -0.15) is 0 Å². The van der Waals surface area contributed by atoms with Crippen molar-refractivity contribution in [2.45, 2.75) is 25.7 Å². The molecule has 0 heterocycles. The smallest absolute Gasteiger partial charge is 0.0615 e. The second-order valence-corrected chi connectivity index (χ2v) is 3.44. The van der Waals surface area contributed by atoms with Crippen LogP contribution in [0.2, 0.25) is 0 Å². The Bertz CT molecular complexity index is 138. The molecular weight excluding hydrogens is 124 g/mol. The highest BCUT2D eigenvalue weighted by molar-refractivity contribution is 5.20. The minimum Gasteiger partial charge on any atom is -0.392 e. The zero-order chi connectivity index (χ0) is 6.97. The lowest BCUT2D eigenvalue weighted by atomic mass is 10.1. The maximum atomic E-state index is 8.71. The van der Waals surface area contributed by atoms with Crippen LogP contribution in [0, 0.1) is 11.8 Å². The van der Waals surface area contributed by atoms with Crippen molar-refractivity contribution in [2.75, 3.05) is 6.61 Å². The van der Waals surface area contributed by atoms with Crippen molar-refractivity contribution in [2.24, 2.45) is 11.8 Å². The monoisotopic (exact) mass is 138 g/mol. The summed E-state index contributed by atoms with van der Waals surface area (Å²) < 4.78 is 0. The van der Waals surface area contributed by atoms with E-state index in [1.165, 1.54) is 25.7 Å². The maximum Gasteiger partial charge on any atom is 0.0615 e. The summed E-state index contributed by atoms with van der Waals surface area (Å²) in [5, 5.41) is 8.71. The summed E-state index contributed by atoms with van der Waals surface area (Å²) in [6.07, 6.45) is 7.55. The molecule has 0 aromatic heterocycles. The molecule has 0 radical (unpaired) electrons. The van der Waals surface area contributed by atoms with Crippen LogP contribution in [0.3, 0.4) is 0 Å². The topological polar surface area (TPSA) is 20.2 Å². The molecule has 0 amide bonds. The Labute approximate surface area is 61.8 Å². The lowest BCUT2D eigenvalue weighted by Gasteiger charge is -2.00. The fraction of sp³-hybridized carbons (Fsp3) is 0.778. The second kappa shape index (κ2) is 2.39. The van der Waals surface area contributed by atoms with Crippen molar-refractivity contribution in [1.29, 1.82) is 0 Å². The summed E-state index contributed by atoms with van der Waals surface area (Å²) >= 11 is 0. The first-order valence-corrected chi connectivity index (χ1v) is 4.22. The molecule has 2 aliphatic rings. The molecule has 0 atom stereocenters. The predicted octanol–water partition coefficient (Wildman–Crippen LogP) is 1.73. The highest BCUT2D eigenvalue weighted by Crippen LogP contribution is 2.48. The number of allylic oxidation sites excluding steroid dienone is 1. The molecule has 2 fully saturated rings. The van der Waals surface area contributed by atoms with Crippen LogP contribution in [-0.4, -0.2) is 11.7 Å². The van der Waals surface area contributed by atoms with Gasteiger partial charge in [0.05, 0.1) is 6.61 Å². The molecule has 10 heavy (non-hydrogen) atoms. The van der Waals surface area contributed by atoms with Crippen molar-refractivity contribution in [3.05, 3.63) is 11.6 Å². The van der Waals surface area contributed by atoms with Crippen LogP contribution in [-0.2, 0) is 0 Å². The van der Waals surface area contributed by atoms with Crippen molar-refractivity contribution in [3.63, 3.8) is 0 Å². The van der Waals surface area contributed by atoms with E-state index in [4.69, 9.17) is 5.11 Å². The van der Waals surface area contributed by atoms with Crippen molar-refractivity contribution in [3.8, 4) is 0 Å². The van der Waals surface area contributed by atoms with Crippen molar-refractivity contribution >= 4 is 0 Å². The van der Waals surface area contributed by atoms with Crippen LogP contribution in [0.5, 0.6) is 0 Å². The normalized spacial score (nSPS) is 24.5. The van der Waals surface area contributed by atoms with Crippen LogP contribution >= 0.6 is 0 Å². The van der Waals surface area contributed by atoms with Gasteiger partial charge in [-0.3, -0.25) is 0 Å². The van der Waals surface area contributed by atoms with Crippen molar-refractivity contribution in [1.82, 2.24) is 0 Å². The predicted molar refractivity (Wildman–Crippen MR) is 40.6 cm³/mol. The summed E-state index contributed by atoms with van der Waals surface area (Å²) in [6, 6.07) is 0. The average Bonchev–Trinajstić information content (AvgIpc) is 2.77. The Morgan fingerprint density at radius 1 is 1.20 bits per heavy atom. The van der Waals surface area contributed by atoms with E-state index in [2.05, 4.69) is 0 Å². The van der Waals surface area contributed by atoms with E-state index in [0.29, 0.717) is 0 Å². The summed E-state index contributed by atoms with van der Waals surface area (Å²) in [4.78, 5) is 0. The molecule has 0 unspecified atom stereocenters. The molecule has 2 saturated carbocycles. The summed E-state index contributed by atoms with van der Waals surface area (Å²) in [6.45, 7) is 0.252. The first kappa shape index (κ1) is 6.41. The molecule has 0 aromatic carbocycles. The number of rotatable bonds is 3. The van der Waals surface area contributed by atoms with E-state index in [9.17, 15) is 0 Å². The van der Waals surface area contributed by atoms with E-state index in [1.807, 2.05) is 6.08 Å². The molecular formula is C9H14O. The molecule has 1 heteroatoms. The maximum absolute atomic E-state index is 8.71. The lowest BCUT2D eigenvalue weighted by Crippen LogP contribution is -1.90. The average molecular weight is 138 g/mol. The van der Waals surface area contributed by atoms with Crippen LogP contribution in [0.15, 0.2) is 11.6 Å². The third kappa shape index (κ3) is 1.24. The van der Waals surface area contributed by atoms with Gasteiger partial charge in [0.25, 0.3) is 0 Å². The fourth-order valence-corrected chi connectivity index (χ4v) is 1.61. The van der Waals surface area contributed by atoms with Crippen LogP contribution < -0.4 is 0 Å². The summed E-state index contributed by atoms with van der Waals surface area (Å²) in [5.74, 6) is 1.75. The number of aliphatic hydroxyl groups is 1. The van der Waals surface area contributed by atoms with E-state index in [0.717, 1.165) is 11.8 Å². The van der Waals surface area contributed by atoms with Gasteiger partial charge in [-0.15, -0.1) is 0 Å². The quantitative estimate of drug-likeness (QED) is 0.589. The van der Waals surface area contributed by atoms with Gasteiger partial charge in [0.2, 0.25) is 0 Å². The number of aliphatic hydroxyl groups excluding tert-OH is 1. The third-order valence-electron chi connectivity index (χ3n) is 2.42. The second-order valence-electron chi connectivity index (χ2n) is 3.44. The molecule has 1 nitrogen and oxygen atoms in total. The van der Waals surface area contributed by atoms with E-state index >= 15 is 0 Å². The molecule has 0 saturated heterocycles. The largest absolute Gasteiger partial charge is 0.392 e. The number of hydrogen-bond acceptors (Lipinski definition) is 1. The Kier molecular flexibility index (Phi) is 1.53. The van der Waals surface area contributed by atoms with Crippen LogP contribution in [0.1, 0.15) is 25.7 Å². The third-order valence-corrected chi connectivity index (χ3v) is 2.42. The minimum absolute atomic E-state index is 0.252. The molecule has 1 N–H and O–H groups in total. The SMILES string of the molecule is OCC=C(C1CC1)C1CC1. The molecule has 56 valence electrons. The Morgan fingerprint density at radius 3 is 2.00 bits per heavy atom. The van der Waals surface area contributed by atoms with Crippen molar-refractivity contribution < 1.29 is 5.11 Å². The highest BCUT2D eigenvalue weighted by atomic mass is 16.2. The van der Waals surface area contributed by atoms with Gasteiger partial charge in [0, 0.05) is 0 Å². The Balaban J connectivity index is 1.98. The highest BCUT2D eigenvalue weighted by Gasteiger charge is 2.35. The Hall–Kier alpha value is -0.300. The van der Waals surface area contributed by atoms with Gasteiger partial charge >= 0.3 is 0 Å². The van der Waals surface area contributed by atoms with Crippen LogP contribution in [0.25, 0.3) is 0 Å².